The van der Waals surface area contributed by atoms with Gasteiger partial charge in [-0.1, -0.05) is 42.5 Å². The Bertz CT molecular complexity index is 1740. The molecule has 0 bridgehead atoms. The molecule has 0 heterocycles. The third kappa shape index (κ3) is 8.88. The summed E-state index contributed by atoms with van der Waals surface area (Å²) in [5, 5.41) is 5.11. The standard InChI is InChI=1S/C29H28N2O9S2/c1-37-24-14-10-21(11-15-24)19-41(33,34)39-26-7-5-6-23(18-26)30-29(32)31-27-8-3-4-9-28(27)40-42(35,36)20-22-12-16-25(38-2)17-13-22/h3-18H,19-20H2,1-2H3,(H2,30,31,32). The van der Waals surface area contributed by atoms with Crippen LogP contribution in [0.15, 0.2) is 97.1 Å². The number of urea groups is 1. The minimum absolute atomic E-state index is 0.00493. The summed E-state index contributed by atoms with van der Waals surface area (Å²) < 4.78 is 71.2. The van der Waals surface area contributed by atoms with Crippen molar-refractivity contribution in [1.29, 1.82) is 0 Å². The van der Waals surface area contributed by atoms with Crippen LogP contribution >= 0.6 is 0 Å². The smallest absolute Gasteiger partial charge is 0.323 e. The van der Waals surface area contributed by atoms with Crippen LogP contribution in [0.4, 0.5) is 16.2 Å². The number of anilines is 2. The van der Waals surface area contributed by atoms with Crippen molar-refractivity contribution in [2.45, 2.75) is 11.5 Å². The van der Waals surface area contributed by atoms with Gasteiger partial charge in [0, 0.05) is 11.8 Å². The van der Waals surface area contributed by atoms with Gasteiger partial charge in [0.2, 0.25) is 0 Å². The van der Waals surface area contributed by atoms with Crippen LogP contribution in [0.1, 0.15) is 11.1 Å². The predicted molar refractivity (Wildman–Crippen MR) is 158 cm³/mol. The number of nitrogens with one attached hydrogen (secondary N) is 2. The molecule has 0 unspecified atom stereocenters. The van der Waals surface area contributed by atoms with E-state index in [-0.39, 0.29) is 28.6 Å². The van der Waals surface area contributed by atoms with Gasteiger partial charge in [-0.15, -0.1) is 0 Å². The summed E-state index contributed by atoms with van der Waals surface area (Å²) in [4.78, 5) is 12.7. The van der Waals surface area contributed by atoms with Crippen molar-refractivity contribution >= 4 is 37.6 Å². The lowest BCUT2D eigenvalue weighted by atomic mass is 10.2. The highest BCUT2D eigenvalue weighted by molar-refractivity contribution is 7.86. The van der Waals surface area contributed by atoms with Crippen molar-refractivity contribution in [3.05, 3.63) is 108 Å². The molecule has 0 aliphatic rings. The van der Waals surface area contributed by atoms with Gasteiger partial charge in [-0.05, 0) is 59.7 Å². The zero-order valence-corrected chi connectivity index (χ0v) is 24.3. The summed E-state index contributed by atoms with van der Waals surface area (Å²) >= 11 is 0. The van der Waals surface area contributed by atoms with Crippen LogP contribution in [0.3, 0.4) is 0 Å². The molecular weight excluding hydrogens is 584 g/mol. The molecule has 11 nitrogen and oxygen atoms in total. The van der Waals surface area contributed by atoms with E-state index < -0.39 is 32.0 Å². The van der Waals surface area contributed by atoms with Crippen LogP contribution in [-0.4, -0.2) is 37.1 Å². The summed E-state index contributed by atoms with van der Waals surface area (Å²) in [6.45, 7) is 0. The highest BCUT2D eigenvalue weighted by atomic mass is 32.2. The van der Waals surface area contributed by atoms with E-state index in [0.717, 1.165) is 0 Å². The van der Waals surface area contributed by atoms with Crippen molar-refractivity contribution in [3.63, 3.8) is 0 Å². The normalized spacial score (nSPS) is 11.3. The molecule has 0 spiro atoms. The van der Waals surface area contributed by atoms with E-state index in [1.165, 1.54) is 50.6 Å². The molecule has 4 rings (SSSR count). The van der Waals surface area contributed by atoms with E-state index in [2.05, 4.69) is 10.6 Å². The number of para-hydroxylation sites is 2. The molecule has 0 saturated heterocycles. The third-order valence-electron chi connectivity index (χ3n) is 5.67. The number of amides is 2. The predicted octanol–water partition coefficient (Wildman–Crippen LogP) is 5.17. The topological polar surface area (TPSA) is 146 Å². The van der Waals surface area contributed by atoms with Gasteiger partial charge in [-0.2, -0.15) is 16.8 Å². The van der Waals surface area contributed by atoms with Crippen molar-refractivity contribution in [2.24, 2.45) is 0 Å². The molecule has 42 heavy (non-hydrogen) atoms. The Morgan fingerprint density at radius 3 is 1.74 bits per heavy atom. The Morgan fingerprint density at radius 1 is 0.619 bits per heavy atom. The number of methoxy groups -OCH3 is 2. The number of carbonyl (C=O) groups excluding carboxylic acids is 1. The molecule has 0 atom stereocenters. The second-order valence-electron chi connectivity index (χ2n) is 8.87. The first kappa shape index (κ1) is 30.2. The first-order valence-corrected chi connectivity index (χ1v) is 15.6. The van der Waals surface area contributed by atoms with E-state index >= 15 is 0 Å². The quantitative estimate of drug-likeness (QED) is 0.207. The monoisotopic (exact) mass is 612 g/mol. The second-order valence-corrected chi connectivity index (χ2v) is 12.0. The van der Waals surface area contributed by atoms with Crippen molar-refractivity contribution < 1.29 is 39.5 Å². The zero-order valence-electron chi connectivity index (χ0n) is 22.6. The number of carbonyl (C=O) groups is 1. The number of hydrogen-bond donors (Lipinski definition) is 2. The summed E-state index contributed by atoms with van der Waals surface area (Å²) in [6.07, 6.45) is 0. The third-order valence-corrected chi connectivity index (χ3v) is 7.93. The van der Waals surface area contributed by atoms with Gasteiger partial charge in [-0.3, -0.25) is 0 Å². The molecule has 4 aromatic carbocycles. The molecule has 0 saturated carbocycles. The van der Waals surface area contributed by atoms with Gasteiger partial charge in [0.15, 0.2) is 5.75 Å². The Balaban J connectivity index is 1.38. The second kappa shape index (κ2) is 13.3. The highest BCUT2D eigenvalue weighted by Crippen LogP contribution is 2.27. The first-order valence-electron chi connectivity index (χ1n) is 12.4. The molecular formula is C29H28N2O9S2. The highest BCUT2D eigenvalue weighted by Gasteiger charge is 2.18. The largest absolute Gasteiger partial charge is 0.497 e. The van der Waals surface area contributed by atoms with E-state index in [4.69, 9.17) is 17.8 Å². The Kier molecular flexibility index (Phi) is 9.55. The fraction of sp³-hybridized carbons (Fsp3) is 0.138. The van der Waals surface area contributed by atoms with Gasteiger partial charge in [0.05, 0.1) is 19.9 Å². The minimum atomic E-state index is -4.07. The van der Waals surface area contributed by atoms with Crippen LogP contribution in [0, 0.1) is 0 Å². The van der Waals surface area contributed by atoms with Crippen LogP contribution in [-0.2, 0) is 31.7 Å². The Hall–Kier alpha value is -4.75. The summed E-state index contributed by atoms with van der Waals surface area (Å²) in [5.74, 6) is 0.333. The Morgan fingerprint density at radius 2 is 1.17 bits per heavy atom. The van der Waals surface area contributed by atoms with Gasteiger partial charge in [-0.25, -0.2) is 4.79 Å². The lowest BCUT2D eigenvalue weighted by Crippen LogP contribution is -2.21. The average molecular weight is 613 g/mol. The van der Waals surface area contributed by atoms with E-state index in [0.29, 0.717) is 22.6 Å². The van der Waals surface area contributed by atoms with Gasteiger partial charge >= 0.3 is 26.3 Å². The molecule has 0 aliphatic carbocycles. The lowest BCUT2D eigenvalue weighted by Gasteiger charge is -2.14. The van der Waals surface area contributed by atoms with Crippen molar-refractivity contribution in [1.82, 2.24) is 0 Å². The Labute approximate surface area is 244 Å². The van der Waals surface area contributed by atoms with Crippen LogP contribution < -0.4 is 28.5 Å². The molecule has 0 radical (unpaired) electrons. The first-order chi connectivity index (χ1) is 20.0. The van der Waals surface area contributed by atoms with Crippen LogP contribution in [0.2, 0.25) is 0 Å². The molecule has 0 aliphatic heterocycles. The average Bonchev–Trinajstić information content (AvgIpc) is 2.94. The maximum Gasteiger partial charge on any atom is 0.323 e. The van der Waals surface area contributed by atoms with Crippen LogP contribution in [0.5, 0.6) is 23.0 Å². The summed E-state index contributed by atoms with van der Waals surface area (Å²) in [7, 11) is -5.04. The molecule has 0 aromatic heterocycles. The molecule has 220 valence electrons. The molecule has 2 amide bonds. The fourth-order valence-electron chi connectivity index (χ4n) is 3.75. The fourth-order valence-corrected chi connectivity index (χ4v) is 5.88. The van der Waals surface area contributed by atoms with Gasteiger partial charge in [0.25, 0.3) is 0 Å². The maximum absolute atomic E-state index is 12.7. The molecule has 4 aromatic rings. The molecule has 0 fully saturated rings. The van der Waals surface area contributed by atoms with E-state index in [1.807, 2.05) is 0 Å². The van der Waals surface area contributed by atoms with E-state index in [9.17, 15) is 21.6 Å². The maximum atomic E-state index is 12.7. The summed E-state index contributed by atoms with van der Waals surface area (Å²) in [5.41, 5.74) is 1.33. The lowest BCUT2D eigenvalue weighted by molar-refractivity contribution is 0.262. The van der Waals surface area contributed by atoms with Gasteiger partial charge in [0.1, 0.15) is 28.8 Å². The number of rotatable bonds is 12. The molecule has 13 heteroatoms. The molecule has 2 N–H and O–H groups in total. The zero-order chi connectivity index (χ0) is 30.2. The minimum Gasteiger partial charge on any atom is -0.497 e. The van der Waals surface area contributed by atoms with Gasteiger partial charge < -0.3 is 28.5 Å². The van der Waals surface area contributed by atoms with Crippen molar-refractivity contribution in [2.75, 3.05) is 24.9 Å². The number of ether oxygens (including phenoxy) is 2. The summed E-state index contributed by atoms with van der Waals surface area (Å²) in [6, 6.07) is 24.2. The van der Waals surface area contributed by atoms with Crippen LogP contribution in [0.25, 0.3) is 0 Å². The van der Waals surface area contributed by atoms with E-state index in [1.54, 1.807) is 60.7 Å². The number of hydrogen-bond acceptors (Lipinski definition) is 9. The number of benzene rings is 4. The van der Waals surface area contributed by atoms with Crippen molar-refractivity contribution in [3.8, 4) is 23.0 Å². The SMILES string of the molecule is COc1ccc(CS(=O)(=O)Oc2cccc(NC(=O)Nc3ccccc3OS(=O)(=O)Cc3ccc(OC)cc3)c2)cc1.